The van der Waals surface area contributed by atoms with E-state index < -0.39 is 10.0 Å². The third kappa shape index (κ3) is 4.27. The number of fused-ring (bicyclic) bond motifs is 1. The van der Waals surface area contributed by atoms with Crippen LogP contribution < -0.4 is 0 Å². The van der Waals surface area contributed by atoms with E-state index >= 15 is 0 Å². The second kappa shape index (κ2) is 8.79. The van der Waals surface area contributed by atoms with Gasteiger partial charge in [-0.1, -0.05) is 11.6 Å². The second-order valence-electron chi connectivity index (χ2n) is 8.08. The lowest BCUT2D eigenvalue weighted by molar-refractivity contribution is 0.0697. The van der Waals surface area contributed by atoms with Gasteiger partial charge in [0.25, 0.3) is 15.9 Å². The quantitative estimate of drug-likeness (QED) is 0.464. The van der Waals surface area contributed by atoms with Gasteiger partial charge in [-0.05, 0) is 48.9 Å². The largest absolute Gasteiger partial charge is 0.345 e. The van der Waals surface area contributed by atoms with Crippen molar-refractivity contribution in [3.8, 4) is 11.5 Å². The van der Waals surface area contributed by atoms with Crippen molar-refractivity contribution in [1.82, 2.24) is 29.1 Å². The molecule has 0 bridgehead atoms. The van der Waals surface area contributed by atoms with E-state index in [0.29, 0.717) is 27.6 Å². The number of sulfonamides is 1. The summed E-state index contributed by atoms with van der Waals surface area (Å²) in [4.78, 5) is 30.3. The molecule has 5 rings (SSSR count). The number of nitrogens with one attached hydrogen (secondary N) is 1. The van der Waals surface area contributed by atoms with Crippen molar-refractivity contribution in [2.45, 2.75) is 11.9 Å². The first kappa shape index (κ1) is 22.5. The van der Waals surface area contributed by atoms with Gasteiger partial charge < -0.3 is 9.88 Å². The van der Waals surface area contributed by atoms with Crippen molar-refractivity contribution < 1.29 is 13.2 Å². The van der Waals surface area contributed by atoms with Crippen LogP contribution in [-0.2, 0) is 10.0 Å². The lowest BCUT2D eigenvalue weighted by Crippen LogP contribution is -2.50. The van der Waals surface area contributed by atoms with E-state index in [1.807, 2.05) is 19.1 Å². The SMILES string of the molecule is Cc1ccnc(-c2ncc(C(=O)N3CCN(S(=O)(=O)c4cc5cc(Cl)ccc5[nH]4)CC3)cn2)c1. The summed E-state index contributed by atoms with van der Waals surface area (Å²) in [6.07, 6.45) is 4.65. The van der Waals surface area contributed by atoms with Gasteiger partial charge in [0, 0.05) is 60.7 Å². The monoisotopic (exact) mass is 496 g/mol. The molecule has 1 aliphatic rings. The second-order valence-corrected chi connectivity index (χ2v) is 10.4. The summed E-state index contributed by atoms with van der Waals surface area (Å²) in [6.45, 7) is 2.87. The van der Waals surface area contributed by atoms with Gasteiger partial charge >= 0.3 is 0 Å². The van der Waals surface area contributed by atoms with Gasteiger partial charge in [0.2, 0.25) is 0 Å². The maximum absolute atomic E-state index is 13.1. The predicted octanol–water partition coefficient (Wildman–Crippen LogP) is 3.13. The number of carbonyl (C=O) groups is 1. The van der Waals surface area contributed by atoms with Crippen LogP contribution in [0.2, 0.25) is 5.02 Å². The van der Waals surface area contributed by atoms with Gasteiger partial charge in [0.1, 0.15) is 10.7 Å². The molecule has 1 amide bonds. The summed E-state index contributed by atoms with van der Waals surface area (Å²) in [6, 6.07) is 10.5. The molecule has 9 nitrogen and oxygen atoms in total. The highest BCUT2D eigenvalue weighted by molar-refractivity contribution is 7.89. The maximum Gasteiger partial charge on any atom is 0.258 e. The summed E-state index contributed by atoms with van der Waals surface area (Å²) in [5.74, 6) is 0.205. The molecule has 0 spiro atoms. The van der Waals surface area contributed by atoms with Crippen molar-refractivity contribution in [3.63, 3.8) is 0 Å². The molecular weight excluding hydrogens is 476 g/mol. The highest BCUT2D eigenvalue weighted by atomic mass is 35.5. The van der Waals surface area contributed by atoms with E-state index in [4.69, 9.17) is 11.6 Å². The Morgan fingerprint density at radius 2 is 1.74 bits per heavy atom. The number of aryl methyl sites for hydroxylation is 1. The van der Waals surface area contributed by atoms with Gasteiger partial charge in [0.15, 0.2) is 5.82 Å². The van der Waals surface area contributed by atoms with Crippen LogP contribution in [-0.4, -0.2) is 69.6 Å². The Balaban J connectivity index is 1.26. The molecule has 0 atom stereocenters. The molecule has 0 aliphatic carbocycles. The minimum absolute atomic E-state index is 0.110. The van der Waals surface area contributed by atoms with Crippen LogP contribution in [0.3, 0.4) is 0 Å². The number of rotatable bonds is 4. The Labute approximate surface area is 201 Å². The molecule has 1 saturated heterocycles. The molecule has 4 aromatic rings. The number of hydrogen-bond donors (Lipinski definition) is 1. The molecule has 1 aliphatic heterocycles. The molecule has 174 valence electrons. The normalized spacial score (nSPS) is 15.1. The van der Waals surface area contributed by atoms with Gasteiger partial charge in [-0.25, -0.2) is 18.4 Å². The van der Waals surface area contributed by atoms with E-state index in [9.17, 15) is 13.2 Å². The van der Waals surface area contributed by atoms with Crippen LogP contribution in [0.4, 0.5) is 0 Å². The van der Waals surface area contributed by atoms with E-state index in [-0.39, 0.29) is 37.1 Å². The highest BCUT2D eigenvalue weighted by Gasteiger charge is 2.31. The number of halogens is 1. The minimum atomic E-state index is -3.73. The van der Waals surface area contributed by atoms with Crippen LogP contribution in [0.25, 0.3) is 22.4 Å². The molecule has 0 radical (unpaired) electrons. The molecule has 0 unspecified atom stereocenters. The molecular formula is C23H21ClN6O3S. The van der Waals surface area contributed by atoms with Crippen molar-refractivity contribution in [3.05, 3.63) is 71.1 Å². The predicted molar refractivity (Wildman–Crippen MR) is 128 cm³/mol. The van der Waals surface area contributed by atoms with E-state index in [2.05, 4.69) is 19.9 Å². The topological polar surface area (TPSA) is 112 Å². The lowest BCUT2D eigenvalue weighted by atomic mass is 10.2. The number of nitrogens with zero attached hydrogens (tertiary/aromatic N) is 5. The van der Waals surface area contributed by atoms with E-state index in [1.165, 1.54) is 16.7 Å². The molecule has 1 aromatic carbocycles. The number of pyridine rings is 1. The van der Waals surface area contributed by atoms with Crippen molar-refractivity contribution in [2.24, 2.45) is 0 Å². The highest BCUT2D eigenvalue weighted by Crippen LogP contribution is 2.25. The van der Waals surface area contributed by atoms with E-state index in [0.717, 1.165) is 10.9 Å². The molecule has 1 N–H and O–H groups in total. The number of hydrogen-bond acceptors (Lipinski definition) is 6. The van der Waals surface area contributed by atoms with Crippen LogP contribution in [0.5, 0.6) is 0 Å². The molecule has 3 aromatic heterocycles. The van der Waals surface area contributed by atoms with Gasteiger partial charge in [-0.3, -0.25) is 9.78 Å². The number of amides is 1. The zero-order chi connectivity index (χ0) is 23.9. The van der Waals surface area contributed by atoms with Crippen molar-refractivity contribution >= 4 is 38.4 Å². The number of aromatic amines is 1. The molecule has 4 heterocycles. The van der Waals surface area contributed by atoms with Crippen molar-refractivity contribution in [1.29, 1.82) is 0 Å². The number of benzene rings is 1. The fourth-order valence-corrected chi connectivity index (χ4v) is 5.52. The van der Waals surface area contributed by atoms with E-state index in [1.54, 1.807) is 35.4 Å². The maximum atomic E-state index is 13.1. The summed E-state index contributed by atoms with van der Waals surface area (Å²) in [5.41, 5.74) is 2.72. The smallest absolute Gasteiger partial charge is 0.258 e. The first-order valence-corrected chi connectivity index (χ1v) is 12.5. The summed E-state index contributed by atoms with van der Waals surface area (Å²) in [5, 5.41) is 1.37. The summed E-state index contributed by atoms with van der Waals surface area (Å²) < 4.78 is 27.6. The van der Waals surface area contributed by atoms with Crippen LogP contribution in [0.1, 0.15) is 15.9 Å². The molecule has 34 heavy (non-hydrogen) atoms. The average molecular weight is 497 g/mol. The fourth-order valence-electron chi connectivity index (χ4n) is 3.90. The van der Waals surface area contributed by atoms with Gasteiger partial charge in [-0.2, -0.15) is 4.31 Å². The van der Waals surface area contributed by atoms with Crippen LogP contribution in [0, 0.1) is 6.92 Å². The van der Waals surface area contributed by atoms with Crippen LogP contribution in [0.15, 0.2) is 60.0 Å². The third-order valence-electron chi connectivity index (χ3n) is 5.75. The Morgan fingerprint density at radius 3 is 2.44 bits per heavy atom. The minimum Gasteiger partial charge on any atom is -0.345 e. The zero-order valence-corrected chi connectivity index (χ0v) is 19.8. The number of H-pyrrole nitrogens is 1. The molecule has 1 fully saturated rings. The lowest BCUT2D eigenvalue weighted by Gasteiger charge is -2.33. The Bertz CT molecular complexity index is 1480. The summed E-state index contributed by atoms with van der Waals surface area (Å²) in [7, 11) is -3.73. The first-order chi connectivity index (χ1) is 16.3. The van der Waals surface area contributed by atoms with Crippen molar-refractivity contribution in [2.75, 3.05) is 26.2 Å². The average Bonchev–Trinajstić information content (AvgIpc) is 3.28. The van der Waals surface area contributed by atoms with Gasteiger partial charge in [0.05, 0.1) is 5.56 Å². The van der Waals surface area contributed by atoms with Gasteiger partial charge in [-0.15, -0.1) is 0 Å². The Kier molecular flexibility index (Phi) is 5.80. The third-order valence-corrected chi connectivity index (χ3v) is 7.80. The first-order valence-electron chi connectivity index (χ1n) is 10.6. The standard InChI is InChI=1S/C23H21ClN6O3S/c1-15-4-5-25-20(10-15)22-26-13-17(14-27-22)23(31)29-6-8-30(9-7-29)34(32,33)21-12-16-11-18(24)2-3-19(16)28-21/h2-5,10-14,28H,6-9H2,1H3. The zero-order valence-electron chi connectivity index (χ0n) is 18.3. The number of carbonyl (C=O) groups excluding carboxylic acids is 1. The number of aromatic nitrogens is 4. The molecule has 11 heteroatoms. The van der Waals surface area contributed by atoms with Crippen LogP contribution >= 0.6 is 11.6 Å². The Morgan fingerprint density at radius 1 is 1.00 bits per heavy atom. The fraction of sp³-hybridized carbons (Fsp3) is 0.217. The Hall–Kier alpha value is -3.34. The molecule has 0 saturated carbocycles. The summed E-state index contributed by atoms with van der Waals surface area (Å²) >= 11 is 6.01. The number of piperazine rings is 1.